The maximum Gasteiger partial charge on any atom is 0.341 e. The van der Waals surface area contributed by atoms with Gasteiger partial charge in [0.1, 0.15) is 16.3 Å². The van der Waals surface area contributed by atoms with Crippen molar-refractivity contribution >= 4 is 28.2 Å². The van der Waals surface area contributed by atoms with Crippen molar-refractivity contribution in [2.24, 2.45) is 0 Å². The number of benzene rings is 2. The van der Waals surface area contributed by atoms with Crippen molar-refractivity contribution in [3.05, 3.63) is 69.6 Å². The van der Waals surface area contributed by atoms with Gasteiger partial charge in [-0.1, -0.05) is 24.3 Å². The van der Waals surface area contributed by atoms with E-state index in [0.717, 1.165) is 35.1 Å². The molecule has 0 saturated heterocycles. The van der Waals surface area contributed by atoms with Crippen LogP contribution >= 0.6 is 11.3 Å². The molecule has 0 unspecified atom stereocenters. The van der Waals surface area contributed by atoms with E-state index in [0.29, 0.717) is 16.3 Å². The van der Waals surface area contributed by atoms with Crippen LogP contribution in [0.5, 0.6) is 5.75 Å². The molecule has 3 aromatic rings. The van der Waals surface area contributed by atoms with E-state index >= 15 is 0 Å². The first kappa shape index (κ1) is 22.1. The molecule has 0 spiro atoms. The number of amides is 1. The Kier molecular flexibility index (Phi) is 6.61. The number of hydrogen-bond acceptors (Lipinski definition) is 5. The van der Waals surface area contributed by atoms with Gasteiger partial charge < -0.3 is 14.8 Å². The minimum absolute atomic E-state index is 0.144. The fourth-order valence-corrected chi connectivity index (χ4v) is 4.96. The number of hydrogen-bond donors (Lipinski definition) is 1. The molecule has 1 amide bonds. The summed E-state index contributed by atoms with van der Waals surface area (Å²) in [6.45, 7) is 3.88. The van der Waals surface area contributed by atoms with Crippen LogP contribution in [0, 0.1) is 13.8 Å². The molecule has 2 aromatic carbocycles. The zero-order valence-corrected chi connectivity index (χ0v) is 19.4. The Morgan fingerprint density at radius 1 is 1.00 bits per heavy atom. The summed E-state index contributed by atoms with van der Waals surface area (Å²) < 4.78 is 10.7. The lowest BCUT2D eigenvalue weighted by molar-refractivity contribution is -0.118. The van der Waals surface area contributed by atoms with Crippen LogP contribution in [-0.4, -0.2) is 25.6 Å². The van der Waals surface area contributed by atoms with Crippen LogP contribution in [0.2, 0.25) is 0 Å². The predicted molar refractivity (Wildman–Crippen MR) is 128 cm³/mol. The molecule has 0 aliphatic heterocycles. The SMILES string of the molecule is COC(=O)c1c(-c2ccc3c(c2)CCCC3)csc1NC(=O)COc1ccc(C)c(C)c1. The van der Waals surface area contributed by atoms with Crippen LogP contribution in [0.1, 0.15) is 45.5 Å². The summed E-state index contributed by atoms with van der Waals surface area (Å²) in [5.74, 6) is -0.158. The van der Waals surface area contributed by atoms with Crippen molar-refractivity contribution in [1.29, 1.82) is 0 Å². The molecule has 0 fully saturated rings. The number of ether oxygens (including phenoxy) is 2. The van der Waals surface area contributed by atoms with E-state index < -0.39 is 5.97 Å². The summed E-state index contributed by atoms with van der Waals surface area (Å²) in [7, 11) is 1.35. The van der Waals surface area contributed by atoms with Crippen LogP contribution < -0.4 is 10.1 Å². The number of carbonyl (C=O) groups is 2. The summed E-state index contributed by atoms with van der Waals surface area (Å²) in [5.41, 5.74) is 7.11. The van der Waals surface area contributed by atoms with E-state index in [-0.39, 0.29) is 12.5 Å². The number of rotatable bonds is 6. The Morgan fingerprint density at radius 3 is 2.53 bits per heavy atom. The lowest BCUT2D eigenvalue weighted by Gasteiger charge is -2.16. The zero-order chi connectivity index (χ0) is 22.7. The quantitative estimate of drug-likeness (QED) is 0.489. The van der Waals surface area contributed by atoms with Gasteiger partial charge in [0.15, 0.2) is 6.61 Å². The Balaban J connectivity index is 1.54. The van der Waals surface area contributed by atoms with Crippen LogP contribution in [0.25, 0.3) is 11.1 Å². The first-order valence-electron chi connectivity index (χ1n) is 10.8. The largest absolute Gasteiger partial charge is 0.484 e. The number of aryl methyl sites for hydroxylation is 4. The molecule has 0 bridgehead atoms. The number of anilines is 1. The summed E-state index contributed by atoms with van der Waals surface area (Å²) in [6, 6.07) is 12.1. The molecule has 32 heavy (non-hydrogen) atoms. The van der Waals surface area contributed by atoms with E-state index in [1.54, 1.807) is 0 Å². The lowest BCUT2D eigenvalue weighted by atomic mass is 9.89. The third-order valence-electron chi connectivity index (χ3n) is 5.94. The van der Waals surface area contributed by atoms with Gasteiger partial charge in [-0.15, -0.1) is 11.3 Å². The highest BCUT2D eigenvalue weighted by molar-refractivity contribution is 7.15. The van der Waals surface area contributed by atoms with Gasteiger partial charge in [-0.05, 0) is 79.5 Å². The van der Waals surface area contributed by atoms with E-state index in [1.165, 1.54) is 42.4 Å². The predicted octanol–water partition coefficient (Wildman–Crippen LogP) is 5.71. The first-order chi connectivity index (χ1) is 15.5. The van der Waals surface area contributed by atoms with Gasteiger partial charge in [-0.2, -0.15) is 0 Å². The van der Waals surface area contributed by atoms with Crippen molar-refractivity contribution < 1.29 is 19.1 Å². The van der Waals surface area contributed by atoms with Crippen LogP contribution in [-0.2, 0) is 22.4 Å². The van der Waals surface area contributed by atoms with Gasteiger partial charge in [0, 0.05) is 10.9 Å². The molecule has 6 heteroatoms. The molecule has 1 aromatic heterocycles. The van der Waals surface area contributed by atoms with Crippen LogP contribution in [0.4, 0.5) is 5.00 Å². The summed E-state index contributed by atoms with van der Waals surface area (Å²) >= 11 is 1.32. The second-order valence-electron chi connectivity index (χ2n) is 8.12. The first-order valence-corrected chi connectivity index (χ1v) is 11.7. The van der Waals surface area contributed by atoms with Gasteiger partial charge in [-0.3, -0.25) is 4.79 Å². The number of nitrogens with one attached hydrogen (secondary N) is 1. The molecule has 1 aliphatic carbocycles. The average Bonchev–Trinajstić information content (AvgIpc) is 3.22. The molecule has 1 heterocycles. The molecule has 0 radical (unpaired) electrons. The number of thiophene rings is 1. The fourth-order valence-electron chi connectivity index (χ4n) is 3.98. The molecule has 1 aliphatic rings. The zero-order valence-electron chi connectivity index (χ0n) is 18.6. The van der Waals surface area contributed by atoms with Gasteiger partial charge >= 0.3 is 5.97 Å². The third kappa shape index (κ3) is 4.70. The second-order valence-corrected chi connectivity index (χ2v) is 9.00. The standard InChI is InChI=1S/C26H27NO4S/c1-16-8-11-21(12-17(16)2)31-14-23(28)27-25-24(26(29)30-3)22(15-32-25)20-10-9-18-6-4-5-7-19(18)13-20/h8-13,15H,4-7,14H2,1-3H3,(H,27,28). The summed E-state index contributed by atoms with van der Waals surface area (Å²) in [5, 5.41) is 5.20. The maximum atomic E-state index is 12.6. The minimum atomic E-state index is -0.468. The molecule has 5 nitrogen and oxygen atoms in total. The molecule has 4 rings (SSSR count). The number of esters is 1. The number of carbonyl (C=O) groups excluding carboxylic acids is 2. The number of fused-ring (bicyclic) bond motifs is 1. The number of methoxy groups -OCH3 is 1. The van der Waals surface area contributed by atoms with Gasteiger partial charge in [0.2, 0.25) is 0 Å². The Labute approximate surface area is 192 Å². The summed E-state index contributed by atoms with van der Waals surface area (Å²) in [6.07, 6.45) is 4.57. The van der Waals surface area contributed by atoms with Gasteiger partial charge in [0.25, 0.3) is 5.91 Å². The Bertz CT molecular complexity index is 1160. The lowest BCUT2D eigenvalue weighted by Crippen LogP contribution is -2.21. The topological polar surface area (TPSA) is 64.6 Å². The highest BCUT2D eigenvalue weighted by Gasteiger charge is 2.23. The normalized spacial score (nSPS) is 12.7. The smallest absolute Gasteiger partial charge is 0.341 e. The Morgan fingerprint density at radius 2 is 1.78 bits per heavy atom. The molecule has 166 valence electrons. The molecular formula is C26H27NO4S. The second kappa shape index (κ2) is 9.57. The molecule has 0 atom stereocenters. The highest BCUT2D eigenvalue weighted by Crippen LogP contribution is 2.37. The van der Waals surface area contributed by atoms with E-state index in [4.69, 9.17) is 9.47 Å². The summed E-state index contributed by atoms with van der Waals surface area (Å²) in [4.78, 5) is 25.2. The third-order valence-corrected chi connectivity index (χ3v) is 6.84. The fraction of sp³-hybridized carbons (Fsp3) is 0.308. The van der Waals surface area contributed by atoms with Crippen molar-refractivity contribution in [2.45, 2.75) is 39.5 Å². The van der Waals surface area contributed by atoms with Gasteiger partial charge in [-0.25, -0.2) is 4.79 Å². The maximum absolute atomic E-state index is 12.6. The van der Waals surface area contributed by atoms with E-state index in [1.807, 2.05) is 43.5 Å². The van der Waals surface area contributed by atoms with Crippen molar-refractivity contribution in [2.75, 3.05) is 19.0 Å². The van der Waals surface area contributed by atoms with Crippen molar-refractivity contribution in [1.82, 2.24) is 0 Å². The molecule has 0 saturated carbocycles. The molecule has 1 N–H and O–H groups in total. The average molecular weight is 450 g/mol. The monoisotopic (exact) mass is 449 g/mol. The van der Waals surface area contributed by atoms with Crippen LogP contribution in [0.15, 0.2) is 41.8 Å². The Hall–Kier alpha value is -3.12. The van der Waals surface area contributed by atoms with E-state index in [9.17, 15) is 9.59 Å². The van der Waals surface area contributed by atoms with Crippen LogP contribution in [0.3, 0.4) is 0 Å². The van der Waals surface area contributed by atoms with Crippen molar-refractivity contribution in [3.8, 4) is 16.9 Å². The van der Waals surface area contributed by atoms with E-state index in [2.05, 4.69) is 17.4 Å². The minimum Gasteiger partial charge on any atom is -0.484 e. The highest BCUT2D eigenvalue weighted by atomic mass is 32.1. The molecular weight excluding hydrogens is 422 g/mol. The van der Waals surface area contributed by atoms with Gasteiger partial charge in [0.05, 0.1) is 7.11 Å². The van der Waals surface area contributed by atoms with Crippen molar-refractivity contribution in [3.63, 3.8) is 0 Å².